The molecule has 0 bridgehead atoms. The topological polar surface area (TPSA) is 81.3 Å². The second-order valence-electron chi connectivity index (χ2n) is 6.03. The maximum absolute atomic E-state index is 12.9. The van der Waals surface area contributed by atoms with Gasteiger partial charge in [0.25, 0.3) is 11.6 Å². The van der Waals surface area contributed by atoms with Crippen molar-refractivity contribution in [2.24, 2.45) is 0 Å². The molecule has 1 amide bonds. The van der Waals surface area contributed by atoms with Crippen LogP contribution in [0.1, 0.15) is 21.6 Å². The summed E-state index contributed by atoms with van der Waals surface area (Å²) in [5.41, 5.74) is 2.44. The van der Waals surface area contributed by atoms with Gasteiger partial charge in [-0.3, -0.25) is 19.8 Å². The smallest absolute Gasteiger partial charge is 0.282 e. The van der Waals surface area contributed by atoms with Gasteiger partial charge < -0.3 is 0 Å². The molecule has 3 aromatic rings. The van der Waals surface area contributed by atoms with Crippen LogP contribution in [0.15, 0.2) is 54.6 Å². The van der Waals surface area contributed by atoms with E-state index in [9.17, 15) is 14.9 Å². The molecule has 3 rings (SSSR count). The quantitative estimate of drug-likeness (QED) is 0.531. The average molecular weight is 350 g/mol. The van der Waals surface area contributed by atoms with Crippen LogP contribution in [-0.4, -0.2) is 27.7 Å². The Bertz CT molecular complexity index is 994. The van der Waals surface area contributed by atoms with E-state index in [1.807, 2.05) is 38.1 Å². The second kappa shape index (κ2) is 6.79. The highest BCUT2D eigenvalue weighted by atomic mass is 16.6. The van der Waals surface area contributed by atoms with Crippen molar-refractivity contribution in [2.45, 2.75) is 13.8 Å². The number of nitro benzene ring substituents is 1. The zero-order chi connectivity index (χ0) is 18.8. The molecule has 0 spiro atoms. The minimum Gasteiger partial charge on any atom is -0.295 e. The number of anilines is 1. The zero-order valence-corrected chi connectivity index (χ0v) is 14.7. The Morgan fingerprint density at radius 3 is 2.54 bits per heavy atom. The largest absolute Gasteiger partial charge is 0.295 e. The Balaban J connectivity index is 2.05. The second-order valence-corrected chi connectivity index (χ2v) is 6.03. The molecule has 0 atom stereocenters. The van der Waals surface area contributed by atoms with Gasteiger partial charge in [0, 0.05) is 19.2 Å². The van der Waals surface area contributed by atoms with Crippen LogP contribution < -0.4 is 4.90 Å². The van der Waals surface area contributed by atoms with Crippen LogP contribution in [0.3, 0.4) is 0 Å². The van der Waals surface area contributed by atoms with Crippen LogP contribution in [0.4, 0.5) is 11.5 Å². The van der Waals surface area contributed by atoms with Crippen LogP contribution in [-0.2, 0) is 0 Å². The molecule has 0 radical (unpaired) electrons. The fourth-order valence-corrected chi connectivity index (χ4v) is 2.77. The highest BCUT2D eigenvalue weighted by molar-refractivity contribution is 6.08. The molecule has 26 heavy (non-hydrogen) atoms. The molecule has 0 aliphatic heterocycles. The van der Waals surface area contributed by atoms with Gasteiger partial charge in [0.15, 0.2) is 0 Å². The SMILES string of the molecule is Cc1cccc(-n2nc(C)cc2N(C)C(=O)c2ccccc2[N+](=O)[O-])c1. The summed E-state index contributed by atoms with van der Waals surface area (Å²) in [7, 11) is 1.59. The summed E-state index contributed by atoms with van der Waals surface area (Å²) in [6.45, 7) is 3.81. The van der Waals surface area contributed by atoms with Crippen molar-refractivity contribution in [1.29, 1.82) is 0 Å². The number of amides is 1. The lowest BCUT2D eigenvalue weighted by Gasteiger charge is -2.18. The van der Waals surface area contributed by atoms with Crippen molar-refractivity contribution in [3.8, 4) is 5.69 Å². The summed E-state index contributed by atoms with van der Waals surface area (Å²) in [6, 6.07) is 15.4. The molecule has 1 heterocycles. The Labute approximate surface area is 150 Å². The Kier molecular flexibility index (Phi) is 4.53. The lowest BCUT2D eigenvalue weighted by molar-refractivity contribution is -0.385. The number of carbonyl (C=O) groups excluding carboxylic acids is 1. The molecule has 0 N–H and O–H groups in total. The molecule has 7 heteroatoms. The predicted molar refractivity (Wildman–Crippen MR) is 98.9 cm³/mol. The van der Waals surface area contributed by atoms with E-state index in [4.69, 9.17) is 0 Å². The van der Waals surface area contributed by atoms with E-state index in [0.29, 0.717) is 5.82 Å². The fourth-order valence-electron chi connectivity index (χ4n) is 2.77. The molecule has 132 valence electrons. The first-order valence-corrected chi connectivity index (χ1v) is 8.03. The molecule has 0 fully saturated rings. The highest BCUT2D eigenvalue weighted by Gasteiger charge is 2.25. The fraction of sp³-hybridized carbons (Fsp3) is 0.158. The van der Waals surface area contributed by atoms with Crippen LogP contribution in [0, 0.1) is 24.0 Å². The standard InChI is InChI=1S/C19H18N4O3/c1-13-7-6-8-15(11-13)22-18(12-14(2)20-22)21(3)19(24)16-9-4-5-10-17(16)23(25)26/h4-12H,1-3H3. The molecule has 0 aliphatic rings. The number of nitro groups is 1. The van der Waals surface area contributed by atoms with Gasteiger partial charge in [0.2, 0.25) is 0 Å². The number of para-hydroxylation sites is 1. The number of hydrogen-bond donors (Lipinski definition) is 0. The third-order valence-electron chi connectivity index (χ3n) is 4.04. The Morgan fingerprint density at radius 2 is 1.85 bits per heavy atom. The van der Waals surface area contributed by atoms with Crippen molar-refractivity contribution in [2.75, 3.05) is 11.9 Å². The highest BCUT2D eigenvalue weighted by Crippen LogP contribution is 2.25. The molecule has 0 saturated carbocycles. The summed E-state index contributed by atoms with van der Waals surface area (Å²) < 4.78 is 1.66. The van der Waals surface area contributed by atoms with Crippen LogP contribution in [0.2, 0.25) is 0 Å². The van der Waals surface area contributed by atoms with Crippen molar-refractivity contribution >= 4 is 17.4 Å². The molecule has 1 aromatic heterocycles. The van der Waals surface area contributed by atoms with Gasteiger partial charge in [-0.2, -0.15) is 5.10 Å². The zero-order valence-electron chi connectivity index (χ0n) is 14.7. The normalized spacial score (nSPS) is 10.6. The predicted octanol–water partition coefficient (Wildman–Crippen LogP) is 3.67. The lowest BCUT2D eigenvalue weighted by atomic mass is 10.1. The van der Waals surface area contributed by atoms with Gasteiger partial charge >= 0.3 is 0 Å². The number of aryl methyl sites for hydroxylation is 2. The molecule has 0 saturated heterocycles. The van der Waals surface area contributed by atoms with Crippen molar-refractivity contribution < 1.29 is 9.72 Å². The van der Waals surface area contributed by atoms with Gasteiger partial charge in [-0.15, -0.1) is 0 Å². The van der Waals surface area contributed by atoms with E-state index in [1.165, 1.54) is 23.1 Å². The van der Waals surface area contributed by atoms with E-state index < -0.39 is 10.8 Å². The summed E-state index contributed by atoms with van der Waals surface area (Å²) in [5.74, 6) is 0.0716. The summed E-state index contributed by atoms with van der Waals surface area (Å²) in [6.07, 6.45) is 0. The van der Waals surface area contributed by atoms with Gasteiger partial charge in [0.1, 0.15) is 11.4 Å². The first kappa shape index (κ1) is 17.3. The van der Waals surface area contributed by atoms with Crippen LogP contribution in [0.25, 0.3) is 5.69 Å². The Hall–Kier alpha value is -3.48. The number of aromatic nitrogens is 2. The van der Waals surface area contributed by atoms with Crippen LogP contribution in [0.5, 0.6) is 0 Å². The van der Waals surface area contributed by atoms with Gasteiger partial charge in [-0.1, -0.05) is 24.3 Å². The third kappa shape index (κ3) is 3.19. The van der Waals surface area contributed by atoms with E-state index in [-0.39, 0.29) is 11.3 Å². The van der Waals surface area contributed by atoms with E-state index in [1.54, 1.807) is 23.9 Å². The number of hydrogen-bond acceptors (Lipinski definition) is 4. The van der Waals surface area contributed by atoms with E-state index in [0.717, 1.165) is 16.9 Å². The summed E-state index contributed by atoms with van der Waals surface area (Å²) >= 11 is 0. The number of benzene rings is 2. The van der Waals surface area contributed by atoms with Crippen molar-refractivity contribution in [1.82, 2.24) is 9.78 Å². The number of nitrogens with zero attached hydrogens (tertiary/aromatic N) is 4. The first-order valence-electron chi connectivity index (χ1n) is 8.03. The Morgan fingerprint density at radius 1 is 1.12 bits per heavy atom. The molecular weight excluding hydrogens is 332 g/mol. The number of rotatable bonds is 4. The van der Waals surface area contributed by atoms with Crippen molar-refractivity contribution in [3.05, 3.63) is 81.5 Å². The first-order chi connectivity index (χ1) is 12.4. The molecular formula is C19H18N4O3. The number of carbonyl (C=O) groups is 1. The lowest BCUT2D eigenvalue weighted by Crippen LogP contribution is -2.29. The molecule has 0 unspecified atom stereocenters. The van der Waals surface area contributed by atoms with Crippen molar-refractivity contribution in [3.63, 3.8) is 0 Å². The van der Waals surface area contributed by atoms with Gasteiger partial charge in [-0.25, -0.2) is 4.68 Å². The summed E-state index contributed by atoms with van der Waals surface area (Å²) in [4.78, 5) is 25.0. The minimum absolute atomic E-state index is 0.0367. The maximum Gasteiger partial charge on any atom is 0.282 e. The summed E-state index contributed by atoms with van der Waals surface area (Å²) in [5, 5.41) is 15.7. The van der Waals surface area contributed by atoms with Gasteiger partial charge in [-0.05, 0) is 37.6 Å². The average Bonchev–Trinajstić information content (AvgIpc) is 3.02. The monoisotopic (exact) mass is 350 g/mol. The minimum atomic E-state index is -0.551. The van der Waals surface area contributed by atoms with E-state index in [2.05, 4.69) is 5.10 Å². The molecule has 7 nitrogen and oxygen atoms in total. The van der Waals surface area contributed by atoms with Crippen LogP contribution >= 0.6 is 0 Å². The maximum atomic E-state index is 12.9. The van der Waals surface area contributed by atoms with E-state index >= 15 is 0 Å². The third-order valence-corrected chi connectivity index (χ3v) is 4.04. The van der Waals surface area contributed by atoms with Gasteiger partial charge in [0.05, 0.1) is 16.3 Å². The molecule has 0 aliphatic carbocycles. The molecule has 2 aromatic carbocycles.